The van der Waals surface area contributed by atoms with Gasteiger partial charge in [0.25, 0.3) is 0 Å². The number of likely N-dealkylation sites (tertiary alicyclic amines) is 1. The summed E-state index contributed by atoms with van der Waals surface area (Å²) >= 11 is 5.23. The lowest BCUT2D eigenvalue weighted by molar-refractivity contribution is 0.137. The summed E-state index contributed by atoms with van der Waals surface area (Å²) in [4.78, 5) is 11.9. The normalized spacial score (nSPS) is 16.1. The van der Waals surface area contributed by atoms with Gasteiger partial charge in [0.1, 0.15) is 5.82 Å². The summed E-state index contributed by atoms with van der Waals surface area (Å²) in [6, 6.07) is 10.4. The lowest BCUT2D eigenvalue weighted by Gasteiger charge is -2.37. The van der Waals surface area contributed by atoms with Crippen molar-refractivity contribution < 1.29 is 4.74 Å². The van der Waals surface area contributed by atoms with Gasteiger partial charge in [-0.25, -0.2) is 4.98 Å². The second-order valence-corrected chi connectivity index (χ2v) is 7.54. The molecule has 1 aromatic carbocycles. The zero-order valence-corrected chi connectivity index (χ0v) is 14.6. The van der Waals surface area contributed by atoms with Crippen molar-refractivity contribution in [3.8, 4) is 5.06 Å². The largest absolute Gasteiger partial charge is 0.486 e. The Balaban J connectivity index is 1.41. The standard InChI is InChI=1S/C16H16BrN3OS/c1-21-16-12(17)6-11(22-16)9-20-7-10(8-20)15-18-13-4-2-3-5-14(13)19-15/h2-6,10H,7-9H2,1H3,(H,18,19). The van der Waals surface area contributed by atoms with E-state index >= 15 is 0 Å². The van der Waals surface area contributed by atoms with Crippen LogP contribution in [0, 0.1) is 0 Å². The highest BCUT2D eigenvalue weighted by atomic mass is 79.9. The summed E-state index contributed by atoms with van der Waals surface area (Å²) in [5, 5.41) is 0.948. The van der Waals surface area contributed by atoms with Crippen LogP contribution in [0.1, 0.15) is 16.6 Å². The van der Waals surface area contributed by atoms with Crippen LogP contribution in [-0.4, -0.2) is 35.1 Å². The number of aromatic nitrogens is 2. The number of ether oxygens (including phenoxy) is 1. The minimum absolute atomic E-state index is 0.512. The fraction of sp³-hybridized carbons (Fsp3) is 0.312. The fourth-order valence-corrected chi connectivity index (χ4v) is 4.61. The minimum atomic E-state index is 0.512. The van der Waals surface area contributed by atoms with Gasteiger partial charge in [-0.1, -0.05) is 12.1 Å². The van der Waals surface area contributed by atoms with Gasteiger partial charge in [-0.2, -0.15) is 0 Å². The number of rotatable bonds is 4. The van der Waals surface area contributed by atoms with E-state index in [1.807, 2.05) is 12.1 Å². The predicted octanol–water partition coefficient (Wildman–Crippen LogP) is 3.99. The third-order valence-electron chi connectivity index (χ3n) is 4.02. The molecule has 1 fully saturated rings. The van der Waals surface area contributed by atoms with Crippen molar-refractivity contribution in [3.05, 3.63) is 45.5 Å². The molecular formula is C16H16BrN3OS. The Morgan fingerprint density at radius 1 is 1.41 bits per heavy atom. The van der Waals surface area contributed by atoms with E-state index in [1.165, 1.54) is 4.88 Å². The van der Waals surface area contributed by atoms with Crippen LogP contribution in [0.3, 0.4) is 0 Å². The number of aromatic amines is 1. The molecule has 0 atom stereocenters. The van der Waals surface area contributed by atoms with Crippen LogP contribution < -0.4 is 4.74 Å². The number of imidazole rings is 1. The Morgan fingerprint density at radius 2 is 2.23 bits per heavy atom. The number of halogens is 1. The molecule has 1 saturated heterocycles. The van der Waals surface area contributed by atoms with E-state index in [-0.39, 0.29) is 0 Å². The van der Waals surface area contributed by atoms with Crippen LogP contribution in [0.2, 0.25) is 0 Å². The zero-order valence-electron chi connectivity index (χ0n) is 12.2. The van der Waals surface area contributed by atoms with Crippen LogP contribution in [0.5, 0.6) is 5.06 Å². The van der Waals surface area contributed by atoms with Crippen molar-refractivity contribution >= 4 is 38.3 Å². The molecule has 0 aliphatic carbocycles. The van der Waals surface area contributed by atoms with Crippen molar-refractivity contribution in [1.82, 2.24) is 14.9 Å². The Kier molecular flexibility index (Phi) is 3.68. The third-order valence-corrected chi connectivity index (χ3v) is 5.96. The summed E-state index contributed by atoms with van der Waals surface area (Å²) in [5.74, 6) is 1.63. The van der Waals surface area contributed by atoms with Crippen LogP contribution >= 0.6 is 27.3 Å². The van der Waals surface area contributed by atoms with Crippen molar-refractivity contribution in [2.75, 3.05) is 20.2 Å². The van der Waals surface area contributed by atoms with Crippen LogP contribution in [-0.2, 0) is 6.54 Å². The molecule has 114 valence electrons. The van der Waals surface area contributed by atoms with Gasteiger partial charge in [-0.05, 0) is 34.1 Å². The van der Waals surface area contributed by atoms with E-state index in [2.05, 4.69) is 44.0 Å². The quantitative estimate of drug-likeness (QED) is 0.746. The smallest absolute Gasteiger partial charge is 0.188 e. The number of hydrogen-bond donors (Lipinski definition) is 1. The maximum atomic E-state index is 5.32. The topological polar surface area (TPSA) is 41.1 Å². The first-order chi connectivity index (χ1) is 10.7. The number of fused-ring (bicyclic) bond motifs is 1. The number of H-pyrrole nitrogens is 1. The van der Waals surface area contributed by atoms with Crippen molar-refractivity contribution in [2.45, 2.75) is 12.5 Å². The lowest BCUT2D eigenvalue weighted by atomic mass is 9.99. The summed E-state index contributed by atoms with van der Waals surface area (Å²) < 4.78 is 6.37. The monoisotopic (exact) mass is 377 g/mol. The molecule has 1 N–H and O–H groups in total. The van der Waals surface area contributed by atoms with Crippen LogP contribution in [0.25, 0.3) is 11.0 Å². The van der Waals surface area contributed by atoms with Crippen LogP contribution in [0.4, 0.5) is 0 Å². The molecule has 4 rings (SSSR count). The molecule has 0 saturated carbocycles. The van der Waals surface area contributed by atoms with Crippen LogP contribution in [0.15, 0.2) is 34.8 Å². The van der Waals surface area contributed by atoms with Gasteiger partial charge in [-0.3, -0.25) is 4.90 Å². The SMILES string of the molecule is COc1sc(CN2CC(c3nc4ccccc4[nH]3)C2)cc1Br. The average molecular weight is 378 g/mol. The Morgan fingerprint density at radius 3 is 2.95 bits per heavy atom. The molecule has 1 aliphatic rings. The predicted molar refractivity (Wildman–Crippen MR) is 92.7 cm³/mol. The van der Waals surface area contributed by atoms with Crippen molar-refractivity contribution in [2.24, 2.45) is 0 Å². The molecule has 6 heteroatoms. The number of hydrogen-bond acceptors (Lipinski definition) is 4. The summed E-state index contributed by atoms with van der Waals surface area (Å²) in [7, 11) is 1.71. The maximum Gasteiger partial charge on any atom is 0.188 e. The lowest BCUT2D eigenvalue weighted by Crippen LogP contribution is -2.44. The molecule has 3 aromatic rings. The molecule has 0 unspecified atom stereocenters. The second kappa shape index (κ2) is 5.68. The van der Waals surface area contributed by atoms with Gasteiger partial charge in [-0.15, -0.1) is 11.3 Å². The van der Waals surface area contributed by atoms with E-state index in [0.717, 1.165) is 46.0 Å². The Bertz CT molecular complexity index is 774. The van der Waals surface area contributed by atoms with E-state index in [9.17, 15) is 0 Å². The third kappa shape index (κ3) is 2.55. The molecule has 0 bridgehead atoms. The number of benzene rings is 1. The molecule has 0 spiro atoms. The zero-order chi connectivity index (χ0) is 15.1. The molecule has 0 radical (unpaired) electrons. The summed E-state index contributed by atoms with van der Waals surface area (Å²) in [5.41, 5.74) is 2.19. The summed E-state index contributed by atoms with van der Waals surface area (Å²) in [6.45, 7) is 3.08. The number of nitrogens with one attached hydrogen (secondary N) is 1. The van der Waals surface area contributed by atoms with E-state index < -0.39 is 0 Å². The van der Waals surface area contributed by atoms with E-state index in [0.29, 0.717) is 5.92 Å². The molecule has 3 heterocycles. The Hall–Kier alpha value is -1.37. The van der Waals surface area contributed by atoms with Crippen molar-refractivity contribution in [3.63, 3.8) is 0 Å². The van der Waals surface area contributed by atoms with Gasteiger partial charge >= 0.3 is 0 Å². The van der Waals surface area contributed by atoms with Gasteiger partial charge in [0.2, 0.25) is 0 Å². The van der Waals surface area contributed by atoms with E-state index in [4.69, 9.17) is 9.72 Å². The molecule has 22 heavy (non-hydrogen) atoms. The number of methoxy groups -OCH3 is 1. The van der Waals surface area contributed by atoms with Gasteiger partial charge < -0.3 is 9.72 Å². The highest BCUT2D eigenvalue weighted by Gasteiger charge is 2.30. The first-order valence-corrected chi connectivity index (χ1v) is 8.83. The van der Waals surface area contributed by atoms with Gasteiger partial charge in [0.05, 0.1) is 22.6 Å². The summed E-state index contributed by atoms with van der Waals surface area (Å²) in [6.07, 6.45) is 0. The van der Waals surface area contributed by atoms with E-state index in [1.54, 1.807) is 18.4 Å². The maximum absolute atomic E-state index is 5.32. The number of thiophene rings is 1. The molecule has 0 amide bonds. The molecule has 1 aliphatic heterocycles. The minimum Gasteiger partial charge on any atom is -0.486 e. The highest BCUT2D eigenvalue weighted by molar-refractivity contribution is 9.10. The Labute approximate surface area is 141 Å². The first-order valence-electron chi connectivity index (χ1n) is 7.22. The first kappa shape index (κ1) is 14.2. The molecular weight excluding hydrogens is 362 g/mol. The second-order valence-electron chi connectivity index (χ2n) is 5.58. The number of nitrogens with zero attached hydrogens (tertiary/aromatic N) is 2. The number of para-hydroxylation sites is 2. The average Bonchev–Trinajstić information content (AvgIpc) is 3.05. The molecule has 2 aromatic heterocycles. The van der Waals surface area contributed by atoms with Crippen molar-refractivity contribution in [1.29, 1.82) is 0 Å². The van der Waals surface area contributed by atoms with Gasteiger partial charge in [0.15, 0.2) is 5.06 Å². The van der Waals surface area contributed by atoms with Gasteiger partial charge in [0, 0.05) is 30.4 Å². The fourth-order valence-electron chi connectivity index (χ4n) is 2.87. The highest BCUT2D eigenvalue weighted by Crippen LogP contribution is 2.37. The molecule has 4 nitrogen and oxygen atoms in total.